The van der Waals surface area contributed by atoms with Gasteiger partial charge in [0.05, 0.1) is 10.6 Å². The van der Waals surface area contributed by atoms with Crippen molar-refractivity contribution in [2.75, 3.05) is 38.6 Å². The highest BCUT2D eigenvalue weighted by Crippen LogP contribution is 2.21. The van der Waals surface area contributed by atoms with E-state index in [4.69, 9.17) is 4.74 Å². The number of rotatable bonds is 4. The number of carbonyl (C=O) groups excluding carboxylic acids is 2. The lowest BCUT2D eigenvalue weighted by molar-refractivity contribution is -0.384. The Bertz CT molecular complexity index is 609. The first kappa shape index (κ1) is 16.8. The molecule has 1 saturated heterocycles. The van der Waals surface area contributed by atoms with Gasteiger partial charge in [-0.3, -0.25) is 19.8 Å². The van der Waals surface area contributed by atoms with E-state index < -0.39 is 17.2 Å². The fraction of sp³-hybridized carbons (Fsp3) is 0.429. The molecule has 0 aliphatic carbocycles. The minimum absolute atomic E-state index is 0.0889. The van der Waals surface area contributed by atoms with Crippen molar-refractivity contribution >= 4 is 23.9 Å². The predicted octanol–water partition coefficient (Wildman–Crippen LogP) is 0.897. The van der Waals surface area contributed by atoms with Crippen LogP contribution < -0.4 is 4.90 Å². The summed E-state index contributed by atoms with van der Waals surface area (Å²) >= 11 is 0. The quantitative estimate of drug-likeness (QED) is 0.461. The summed E-state index contributed by atoms with van der Waals surface area (Å²) in [5, 5.41) is 10.8. The lowest BCUT2D eigenvalue weighted by atomic mass is 10.2. The minimum Gasteiger partial charge on any atom is -0.428 e. The summed E-state index contributed by atoms with van der Waals surface area (Å²) in [7, 11) is 3.73. The zero-order valence-corrected chi connectivity index (χ0v) is 12.9. The van der Waals surface area contributed by atoms with Crippen molar-refractivity contribution in [1.82, 2.24) is 9.80 Å². The topological polar surface area (TPSA) is 96.2 Å². The molecule has 9 heteroatoms. The summed E-state index contributed by atoms with van der Waals surface area (Å²) in [6.45, 7) is 2.10. The van der Waals surface area contributed by atoms with Crippen molar-refractivity contribution in [2.45, 2.75) is 6.23 Å². The highest BCUT2D eigenvalue weighted by molar-refractivity contribution is 6.03. The van der Waals surface area contributed by atoms with Gasteiger partial charge >= 0.3 is 6.09 Å². The van der Waals surface area contributed by atoms with Gasteiger partial charge in [0.15, 0.2) is 6.23 Å². The average molecular weight is 322 g/mol. The summed E-state index contributed by atoms with van der Waals surface area (Å²) in [6, 6.07) is 5.26. The van der Waals surface area contributed by atoms with Crippen LogP contribution in [-0.4, -0.2) is 67.2 Å². The third-order valence-electron chi connectivity index (χ3n) is 3.65. The molecular weight excluding hydrogens is 304 g/mol. The molecule has 2 rings (SSSR count). The zero-order chi connectivity index (χ0) is 17.0. The molecule has 1 aliphatic heterocycles. The van der Waals surface area contributed by atoms with Crippen LogP contribution in [0.2, 0.25) is 0 Å². The highest BCUT2D eigenvalue weighted by Gasteiger charge is 2.28. The van der Waals surface area contributed by atoms with E-state index in [-0.39, 0.29) is 17.8 Å². The van der Waals surface area contributed by atoms with Crippen LogP contribution in [0.1, 0.15) is 0 Å². The summed E-state index contributed by atoms with van der Waals surface area (Å²) in [5.74, 6) is 0. The number of amides is 2. The van der Waals surface area contributed by atoms with Crippen LogP contribution in [0.5, 0.6) is 0 Å². The Kier molecular flexibility index (Phi) is 5.24. The number of non-ortho nitro benzene ring substituents is 1. The summed E-state index contributed by atoms with van der Waals surface area (Å²) in [6.07, 6.45) is -1.07. The molecule has 1 aromatic rings. The Morgan fingerprint density at radius 1 is 1.43 bits per heavy atom. The van der Waals surface area contributed by atoms with Crippen LogP contribution in [0, 0.1) is 10.1 Å². The number of imide groups is 1. The first-order valence-electron chi connectivity index (χ1n) is 7.00. The van der Waals surface area contributed by atoms with Crippen LogP contribution in [0.25, 0.3) is 0 Å². The van der Waals surface area contributed by atoms with Gasteiger partial charge in [-0.15, -0.1) is 0 Å². The van der Waals surface area contributed by atoms with E-state index in [1.54, 1.807) is 0 Å². The molecule has 1 heterocycles. The third kappa shape index (κ3) is 4.02. The molecular formula is C14H18N4O5. The normalized spacial score (nSPS) is 19.1. The second-order valence-electron chi connectivity index (χ2n) is 5.33. The number of piperazine rings is 1. The summed E-state index contributed by atoms with van der Waals surface area (Å²) in [5.41, 5.74) is -0.123. The van der Waals surface area contributed by atoms with Crippen LogP contribution in [0.15, 0.2) is 24.3 Å². The SMILES string of the molecule is CN1CCN(C)C(OC(=O)N(C=O)c2cccc([N+](=O)[O-])c2)C1. The number of nitrogens with zero attached hydrogens (tertiary/aromatic N) is 4. The fourth-order valence-electron chi connectivity index (χ4n) is 2.24. The standard InChI is InChI=1S/C14H18N4O5/c1-15-6-7-16(2)13(9-15)23-14(20)17(10-19)11-4-3-5-12(8-11)18(21)22/h3-5,8,10,13H,6-7,9H2,1-2H3. The van der Waals surface area contributed by atoms with E-state index in [0.717, 1.165) is 24.1 Å². The maximum Gasteiger partial charge on any atom is 0.422 e. The number of likely N-dealkylation sites (N-methyl/N-ethyl adjacent to an activating group) is 2. The Morgan fingerprint density at radius 3 is 2.83 bits per heavy atom. The third-order valence-corrected chi connectivity index (χ3v) is 3.65. The molecule has 9 nitrogen and oxygen atoms in total. The molecule has 0 saturated carbocycles. The van der Waals surface area contributed by atoms with Crippen molar-refractivity contribution in [1.29, 1.82) is 0 Å². The molecule has 23 heavy (non-hydrogen) atoms. The Morgan fingerprint density at radius 2 is 2.17 bits per heavy atom. The molecule has 1 aliphatic rings. The van der Waals surface area contributed by atoms with Gasteiger partial charge in [0, 0.05) is 31.8 Å². The monoisotopic (exact) mass is 322 g/mol. The zero-order valence-electron chi connectivity index (χ0n) is 12.9. The van der Waals surface area contributed by atoms with Gasteiger partial charge in [-0.05, 0) is 20.2 Å². The van der Waals surface area contributed by atoms with Crippen LogP contribution >= 0.6 is 0 Å². The molecule has 124 valence electrons. The second kappa shape index (κ2) is 7.16. The Balaban J connectivity index is 2.13. The number of benzene rings is 1. The van der Waals surface area contributed by atoms with Gasteiger partial charge in [0.2, 0.25) is 6.41 Å². The fourth-order valence-corrected chi connectivity index (χ4v) is 2.24. The molecule has 0 spiro atoms. The minimum atomic E-state index is -0.868. The second-order valence-corrected chi connectivity index (χ2v) is 5.33. The largest absolute Gasteiger partial charge is 0.428 e. The number of hydrogen-bond donors (Lipinski definition) is 0. The van der Waals surface area contributed by atoms with Crippen LogP contribution in [0.3, 0.4) is 0 Å². The molecule has 0 aromatic heterocycles. The molecule has 0 bridgehead atoms. The summed E-state index contributed by atoms with van der Waals surface area (Å²) in [4.78, 5) is 38.3. The number of nitro groups is 1. The number of nitro benzene ring substituents is 1. The van der Waals surface area contributed by atoms with E-state index in [1.165, 1.54) is 18.2 Å². The average Bonchev–Trinajstić information content (AvgIpc) is 2.52. The van der Waals surface area contributed by atoms with E-state index in [0.29, 0.717) is 6.54 Å². The first-order valence-corrected chi connectivity index (χ1v) is 7.00. The number of hydrogen-bond acceptors (Lipinski definition) is 7. The van der Waals surface area contributed by atoms with E-state index in [9.17, 15) is 19.7 Å². The smallest absolute Gasteiger partial charge is 0.422 e. The van der Waals surface area contributed by atoms with Crippen molar-refractivity contribution < 1.29 is 19.2 Å². The Hall–Kier alpha value is -2.52. The molecule has 1 aromatic carbocycles. The van der Waals surface area contributed by atoms with Crippen molar-refractivity contribution in [2.24, 2.45) is 0 Å². The van der Waals surface area contributed by atoms with Gasteiger partial charge in [-0.1, -0.05) is 6.07 Å². The molecule has 1 fully saturated rings. The van der Waals surface area contributed by atoms with Crippen molar-refractivity contribution in [3.8, 4) is 0 Å². The maximum absolute atomic E-state index is 12.2. The number of anilines is 1. The van der Waals surface area contributed by atoms with Gasteiger partial charge in [0.25, 0.3) is 5.69 Å². The van der Waals surface area contributed by atoms with Crippen LogP contribution in [-0.2, 0) is 9.53 Å². The highest BCUT2D eigenvalue weighted by atomic mass is 16.6. The van der Waals surface area contributed by atoms with Gasteiger partial charge in [-0.2, -0.15) is 0 Å². The lowest BCUT2D eigenvalue weighted by Crippen LogP contribution is -2.53. The predicted molar refractivity (Wildman–Crippen MR) is 82.0 cm³/mol. The van der Waals surface area contributed by atoms with E-state index in [1.807, 2.05) is 23.9 Å². The first-order chi connectivity index (χ1) is 10.9. The molecule has 0 radical (unpaired) electrons. The molecule has 1 atom stereocenters. The van der Waals surface area contributed by atoms with E-state index in [2.05, 4.69) is 0 Å². The van der Waals surface area contributed by atoms with E-state index >= 15 is 0 Å². The van der Waals surface area contributed by atoms with Gasteiger partial charge in [0.1, 0.15) is 0 Å². The molecule has 0 N–H and O–H groups in total. The van der Waals surface area contributed by atoms with Crippen molar-refractivity contribution in [3.63, 3.8) is 0 Å². The number of ether oxygens (including phenoxy) is 1. The lowest BCUT2D eigenvalue weighted by Gasteiger charge is -2.37. The molecule has 1 unspecified atom stereocenters. The maximum atomic E-state index is 12.2. The Labute approximate surface area is 133 Å². The molecule has 2 amide bonds. The van der Waals surface area contributed by atoms with Gasteiger partial charge in [-0.25, -0.2) is 9.69 Å². The van der Waals surface area contributed by atoms with Crippen LogP contribution in [0.4, 0.5) is 16.2 Å². The van der Waals surface area contributed by atoms with Gasteiger partial charge < -0.3 is 9.64 Å². The van der Waals surface area contributed by atoms with Crippen molar-refractivity contribution in [3.05, 3.63) is 34.4 Å². The summed E-state index contributed by atoms with van der Waals surface area (Å²) < 4.78 is 5.35. The number of carbonyl (C=O) groups is 2.